The molecule has 100 valence electrons. The van der Waals surface area contributed by atoms with Crippen molar-refractivity contribution in [2.24, 2.45) is 0 Å². The second kappa shape index (κ2) is 7.01. The monoisotopic (exact) mass is 264 g/mol. The van der Waals surface area contributed by atoms with Crippen molar-refractivity contribution in [1.29, 1.82) is 0 Å². The fourth-order valence-corrected chi connectivity index (χ4v) is 1.40. The number of halogens is 1. The first-order valence-electron chi connectivity index (χ1n) is 5.56. The molecular weight excluding hydrogens is 251 g/mol. The molecule has 0 aliphatic carbocycles. The average Bonchev–Trinajstić information content (AvgIpc) is 2.34. The summed E-state index contributed by atoms with van der Waals surface area (Å²) in [5, 5.41) is 13.6. The van der Waals surface area contributed by atoms with Crippen LogP contribution in [0, 0.1) is 18.2 Å². The number of carboxylic acid groups (broad SMARTS) is 1. The number of carboxylic acids is 1. The van der Waals surface area contributed by atoms with Crippen molar-refractivity contribution < 1.29 is 19.1 Å². The minimum atomic E-state index is -1.44. The van der Waals surface area contributed by atoms with E-state index < -0.39 is 23.4 Å². The summed E-state index contributed by atoms with van der Waals surface area (Å²) in [6.45, 7) is 0.355. The summed E-state index contributed by atoms with van der Waals surface area (Å²) in [5.74, 6) is 0.0749. The predicted molar refractivity (Wildman–Crippen MR) is 68.4 cm³/mol. The van der Waals surface area contributed by atoms with E-state index in [0.29, 0.717) is 19.4 Å². The van der Waals surface area contributed by atoms with Gasteiger partial charge in [-0.15, -0.1) is 12.3 Å². The zero-order valence-corrected chi connectivity index (χ0v) is 10.1. The molecule has 0 heterocycles. The minimum Gasteiger partial charge on any atom is -0.478 e. The van der Waals surface area contributed by atoms with Gasteiger partial charge in [0.05, 0.1) is 5.69 Å². The minimum absolute atomic E-state index is 0.0954. The van der Waals surface area contributed by atoms with Crippen LogP contribution in [0.2, 0.25) is 0 Å². The van der Waals surface area contributed by atoms with E-state index in [-0.39, 0.29) is 5.69 Å². The summed E-state index contributed by atoms with van der Waals surface area (Å²) in [5.41, 5.74) is -0.664. The van der Waals surface area contributed by atoms with Crippen molar-refractivity contribution in [3.8, 4) is 12.3 Å². The maximum absolute atomic E-state index is 13.3. The van der Waals surface area contributed by atoms with E-state index in [1.165, 1.54) is 12.1 Å². The number of rotatable bonds is 5. The molecule has 0 aromatic heterocycles. The van der Waals surface area contributed by atoms with Gasteiger partial charge in [0.1, 0.15) is 11.4 Å². The molecule has 2 amide bonds. The molecule has 19 heavy (non-hydrogen) atoms. The third-order valence-corrected chi connectivity index (χ3v) is 2.26. The molecule has 0 atom stereocenters. The molecule has 0 aliphatic rings. The van der Waals surface area contributed by atoms with Crippen LogP contribution in [0.3, 0.4) is 0 Å². The summed E-state index contributed by atoms with van der Waals surface area (Å²) in [4.78, 5) is 22.4. The lowest BCUT2D eigenvalue weighted by molar-refractivity contribution is 0.0693. The zero-order chi connectivity index (χ0) is 14.3. The van der Waals surface area contributed by atoms with Gasteiger partial charge in [-0.1, -0.05) is 6.07 Å². The van der Waals surface area contributed by atoms with Crippen molar-refractivity contribution in [2.75, 3.05) is 11.9 Å². The number of amides is 2. The van der Waals surface area contributed by atoms with Crippen molar-refractivity contribution >= 4 is 17.7 Å². The van der Waals surface area contributed by atoms with E-state index in [9.17, 15) is 14.0 Å². The molecule has 0 saturated heterocycles. The first-order chi connectivity index (χ1) is 9.06. The summed E-state index contributed by atoms with van der Waals surface area (Å²) < 4.78 is 13.3. The quantitative estimate of drug-likeness (QED) is 0.562. The highest BCUT2D eigenvalue weighted by Gasteiger charge is 2.16. The number of urea groups is 1. The normalized spacial score (nSPS) is 9.47. The highest BCUT2D eigenvalue weighted by molar-refractivity contribution is 6.00. The van der Waals surface area contributed by atoms with Crippen LogP contribution in [0.4, 0.5) is 14.9 Å². The molecule has 1 aromatic rings. The fourth-order valence-electron chi connectivity index (χ4n) is 1.40. The van der Waals surface area contributed by atoms with Gasteiger partial charge in [-0.2, -0.15) is 0 Å². The van der Waals surface area contributed by atoms with Crippen molar-refractivity contribution in [3.63, 3.8) is 0 Å². The van der Waals surface area contributed by atoms with Gasteiger partial charge in [-0.3, -0.25) is 0 Å². The summed E-state index contributed by atoms with van der Waals surface area (Å²) in [6, 6.07) is 3.04. The first kappa shape index (κ1) is 14.5. The Labute approximate surface area is 109 Å². The average molecular weight is 264 g/mol. The lowest BCUT2D eigenvalue weighted by Crippen LogP contribution is -2.30. The predicted octanol–water partition coefficient (Wildman–Crippen LogP) is 2.06. The van der Waals surface area contributed by atoms with Gasteiger partial charge in [-0.25, -0.2) is 14.0 Å². The number of anilines is 1. The molecule has 0 unspecified atom stereocenters. The molecule has 0 spiro atoms. The third-order valence-electron chi connectivity index (χ3n) is 2.26. The molecular formula is C13H13FN2O3. The first-order valence-corrected chi connectivity index (χ1v) is 5.56. The Morgan fingerprint density at radius 3 is 2.79 bits per heavy atom. The lowest BCUT2D eigenvalue weighted by Gasteiger charge is -2.09. The number of unbranched alkanes of at least 4 members (excludes halogenated alkanes) is 1. The third kappa shape index (κ3) is 4.32. The van der Waals surface area contributed by atoms with Crippen molar-refractivity contribution in [2.45, 2.75) is 12.8 Å². The van der Waals surface area contributed by atoms with Gasteiger partial charge in [-0.05, 0) is 18.6 Å². The standard InChI is InChI=1S/C13H13FN2O3/c1-2-3-4-8-15-13(19)16-10-7-5-6-9(14)11(10)12(17)18/h1,5-7H,3-4,8H2,(H,17,18)(H2,15,16,19). The number of hydrogen-bond donors (Lipinski definition) is 3. The van der Waals surface area contributed by atoms with Crippen molar-refractivity contribution in [3.05, 3.63) is 29.6 Å². The molecule has 1 rings (SSSR count). The SMILES string of the molecule is C#CCCCNC(=O)Nc1cccc(F)c1C(=O)O. The molecule has 1 aromatic carbocycles. The van der Waals surface area contributed by atoms with E-state index >= 15 is 0 Å². The number of nitrogens with one attached hydrogen (secondary N) is 2. The smallest absolute Gasteiger partial charge is 0.340 e. The summed E-state index contributed by atoms with van der Waals surface area (Å²) >= 11 is 0. The fraction of sp³-hybridized carbons (Fsp3) is 0.231. The summed E-state index contributed by atoms with van der Waals surface area (Å²) in [7, 11) is 0. The Morgan fingerprint density at radius 1 is 1.42 bits per heavy atom. The number of carbonyl (C=O) groups is 2. The number of terminal acetylenes is 1. The number of hydrogen-bond acceptors (Lipinski definition) is 2. The van der Waals surface area contributed by atoms with Gasteiger partial charge >= 0.3 is 12.0 Å². The van der Waals surface area contributed by atoms with Crippen LogP contribution in [-0.2, 0) is 0 Å². The molecule has 3 N–H and O–H groups in total. The largest absolute Gasteiger partial charge is 0.478 e. The van der Waals surface area contributed by atoms with Crippen LogP contribution in [0.25, 0.3) is 0 Å². The van der Waals surface area contributed by atoms with E-state index in [1.807, 2.05) is 0 Å². The maximum Gasteiger partial charge on any atom is 0.340 e. The Kier molecular flexibility index (Phi) is 5.35. The van der Waals surface area contributed by atoms with Gasteiger partial charge in [0.2, 0.25) is 0 Å². The van der Waals surface area contributed by atoms with Crippen LogP contribution < -0.4 is 10.6 Å². The highest BCUT2D eigenvalue weighted by atomic mass is 19.1. The Balaban J connectivity index is 2.67. The molecule has 0 saturated carbocycles. The van der Waals surface area contributed by atoms with Gasteiger partial charge in [0, 0.05) is 13.0 Å². The lowest BCUT2D eigenvalue weighted by atomic mass is 10.1. The molecule has 0 fully saturated rings. The van der Waals surface area contributed by atoms with Gasteiger partial charge < -0.3 is 15.7 Å². The summed E-state index contributed by atoms with van der Waals surface area (Å²) in [6.07, 6.45) is 6.19. The van der Waals surface area contributed by atoms with E-state index in [4.69, 9.17) is 11.5 Å². The Bertz CT molecular complexity index is 523. The molecule has 0 radical (unpaired) electrons. The Morgan fingerprint density at radius 2 is 2.16 bits per heavy atom. The topological polar surface area (TPSA) is 78.4 Å². The number of carbonyl (C=O) groups excluding carboxylic acids is 1. The second-order valence-electron chi connectivity index (χ2n) is 3.66. The van der Waals surface area contributed by atoms with Crippen LogP contribution in [-0.4, -0.2) is 23.7 Å². The zero-order valence-electron chi connectivity index (χ0n) is 10.1. The molecule has 6 heteroatoms. The Hall–Kier alpha value is -2.55. The van der Waals surface area contributed by atoms with E-state index in [2.05, 4.69) is 16.6 Å². The van der Waals surface area contributed by atoms with Crippen LogP contribution >= 0.6 is 0 Å². The van der Waals surface area contributed by atoms with E-state index in [0.717, 1.165) is 6.07 Å². The number of aromatic carboxylic acids is 1. The molecule has 0 aliphatic heterocycles. The van der Waals surface area contributed by atoms with Crippen molar-refractivity contribution in [1.82, 2.24) is 5.32 Å². The highest BCUT2D eigenvalue weighted by Crippen LogP contribution is 2.18. The maximum atomic E-state index is 13.3. The van der Waals surface area contributed by atoms with Crippen LogP contribution in [0.5, 0.6) is 0 Å². The van der Waals surface area contributed by atoms with Gasteiger partial charge in [0.15, 0.2) is 0 Å². The molecule has 0 bridgehead atoms. The van der Waals surface area contributed by atoms with Crippen LogP contribution in [0.15, 0.2) is 18.2 Å². The van der Waals surface area contributed by atoms with Gasteiger partial charge in [0.25, 0.3) is 0 Å². The number of benzene rings is 1. The molecule has 5 nitrogen and oxygen atoms in total. The van der Waals surface area contributed by atoms with E-state index in [1.54, 1.807) is 0 Å². The van der Waals surface area contributed by atoms with Crippen LogP contribution in [0.1, 0.15) is 23.2 Å². The second-order valence-corrected chi connectivity index (χ2v) is 3.66.